The predicted octanol–water partition coefficient (Wildman–Crippen LogP) is 0.733. The summed E-state index contributed by atoms with van der Waals surface area (Å²) >= 11 is 0. The van der Waals surface area contributed by atoms with E-state index in [1.807, 2.05) is 20.9 Å². The average Bonchev–Trinajstić information content (AvgIpc) is 2.86. The first-order chi connectivity index (χ1) is 8.54. The molecule has 0 fully saturated rings. The van der Waals surface area contributed by atoms with Crippen molar-refractivity contribution in [3.05, 3.63) is 17.2 Å². The zero-order valence-electron chi connectivity index (χ0n) is 11.0. The number of rotatable bonds is 4. The highest BCUT2D eigenvalue weighted by Gasteiger charge is 2.20. The molecule has 0 bridgehead atoms. The zero-order valence-corrected chi connectivity index (χ0v) is 11.0. The molecule has 2 rings (SSSR count). The van der Waals surface area contributed by atoms with Crippen LogP contribution in [0.3, 0.4) is 0 Å². The van der Waals surface area contributed by atoms with Gasteiger partial charge in [0.05, 0.1) is 23.9 Å². The van der Waals surface area contributed by atoms with Crippen LogP contribution in [-0.4, -0.2) is 33.6 Å². The third-order valence-corrected chi connectivity index (χ3v) is 2.84. The summed E-state index contributed by atoms with van der Waals surface area (Å²) in [4.78, 5) is 4.30. The molecule has 2 aromatic rings. The fourth-order valence-electron chi connectivity index (χ4n) is 1.82. The highest BCUT2D eigenvalue weighted by Crippen LogP contribution is 2.25. The molecule has 0 aliphatic heterocycles. The standard InChI is InChI=1S/C11H17N5O2/c1-6-9(7(2)16(3)14-6)11-13-10(15-18-11)8(12)5-17-4/h8H,5,12H2,1-4H3. The number of nitrogens with two attached hydrogens (primary N) is 1. The topological polar surface area (TPSA) is 92.0 Å². The Bertz CT molecular complexity index is 546. The molecule has 2 heterocycles. The Morgan fingerprint density at radius 2 is 2.17 bits per heavy atom. The van der Waals surface area contributed by atoms with Crippen LogP contribution in [0.5, 0.6) is 0 Å². The van der Waals surface area contributed by atoms with E-state index in [2.05, 4.69) is 15.2 Å². The Morgan fingerprint density at radius 1 is 1.44 bits per heavy atom. The second-order valence-corrected chi connectivity index (χ2v) is 4.19. The Balaban J connectivity index is 2.35. The molecule has 98 valence electrons. The lowest BCUT2D eigenvalue weighted by Gasteiger charge is -2.03. The van der Waals surface area contributed by atoms with Gasteiger partial charge in [0, 0.05) is 19.9 Å². The molecule has 18 heavy (non-hydrogen) atoms. The van der Waals surface area contributed by atoms with Gasteiger partial charge in [-0.05, 0) is 13.8 Å². The van der Waals surface area contributed by atoms with E-state index in [0.717, 1.165) is 17.0 Å². The van der Waals surface area contributed by atoms with Gasteiger partial charge in [0.15, 0.2) is 5.82 Å². The van der Waals surface area contributed by atoms with Crippen LogP contribution in [0.2, 0.25) is 0 Å². The third-order valence-electron chi connectivity index (χ3n) is 2.84. The fraction of sp³-hybridized carbons (Fsp3) is 0.545. The molecule has 7 nitrogen and oxygen atoms in total. The molecule has 0 radical (unpaired) electrons. The minimum Gasteiger partial charge on any atom is -0.383 e. The summed E-state index contributed by atoms with van der Waals surface area (Å²) in [5.41, 5.74) is 8.54. The van der Waals surface area contributed by atoms with Crippen LogP contribution in [0.15, 0.2) is 4.52 Å². The van der Waals surface area contributed by atoms with Gasteiger partial charge in [-0.2, -0.15) is 10.1 Å². The van der Waals surface area contributed by atoms with Gasteiger partial charge in [-0.25, -0.2) is 0 Å². The van der Waals surface area contributed by atoms with Crippen LogP contribution >= 0.6 is 0 Å². The molecule has 0 amide bonds. The maximum Gasteiger partial charge on any atom is 0.261 e. The number of ether oxygens (including phenoxy) is 1. The van der Waals surface area contributed by atoms with Gasteiger partial charge in [0.25, 0.3) is 5.89 Å². The monoisotopic (exact) mass is 251 g/mol. The van der Waals surface area contributed by atoms with E-state index in [4.69, 9.17) is 15.0 Å². The van der Waals surface area contributed by atoms with Gasteiger partial charge in [-0.3, -0.25) is 4.68 Å². The summed E-state index contributed by atoms with van der Waals surface area (Å²) in [6, 6.07) is -0.384. The van der Waals surface area contributed by atoms with Crippen LogP contribution in [0.1, 0.15) is 23.3 Å². The Hall–Kier alpha value is -1.73. The van der Waals surface area contributed by atoms with Crippen LogP contribution < -0.4 is 5.73 Å². The molecule has 7 heteroatoms. The molecule has 0 saturated carbocycles. The van der Waals surface area contributed by atoms with Gasteiger partial charge >= 0.3 is 0 Å². The molecular weight excluding hydrogens is 234 g/mol. The van der Waals surface area contributed by atoms with Crippen LogP contribution in [0, 0.1) is 13.8 Å². The lowest BCUT2D eigenvalue weighted by atomic mass is 10.2. The molecule has 0 aliphatic carbocycles. The van der Waals surface area contributed by atoms with Crippen molar-refractivity contribution in [1.82, 2.24) is 19.9 Å². The highest BCUT2D eigenvalue weighted by atomic mass is 16.5. The van der Waals surface area contributed by atoms with Crippen LogP contribution in [0.4, 0.5) is 0 Å². The summed E-state index contributed by atoms with van der Waals surface area (Å²) in [5.74, 6) is 0.883. The SMILES string of the molecule is COCC(N)c1noc(-c2c(C)nn(C)c2C)n1. The number of aryl methyl sites for hydroxylation is 2. The van der Waals surface area contributed by atoms with Crippen molar-refractivity contribution in [2.24, 2.45) is 12.8 Å². The molecule has 1 unspecified atom stereocenters. The molecule has 2 aromatic heterocycles. The third kappa shape index (κ3) is 2.14. The lowest BCUT2D eigenvalue weighted by molar-refractivity contribution is 0.177. The van der Waals surface area contributed by atoms with Crippen molar-refractivity contribution in [3.63, 3.8) is 0 Å². The van der Waals surface area contributed by atoms with Crippen molar-refractivity contribution < 1.29 is 9.26 Å². The van der Waals surface area contributed by atoms with E-state index in [1.165, 1.54) is 0 Å². The first-order valence-electron chi connectivity index (χ1n) is 5.63. The van der Waals surface area contributed by atoms with Crippen molar-refractivity contribution in [1.29, 1.82) is 0 Å². The molecular formula is C11H17N5O2. The number of hydrogen-bond acceptors (Lipinski definition) is 6. The van der Waals surface area contributed by atoms with Gasteiger partial charge in [0.1, 0.15) is 0 Å². The van der Waals surface area contributed by atoms with Crippen LogP contribution in [0.25, 0.3) is 11.5 Å². The summed E-state index contributed by atoms with van der Waals surface area (Å²) < 4.78 is 12.0. The van der Waals surface area contributed by atoms with Crippen molar-refractivity contribution >= 4 is 0 Å². The molecule has 1 atom stereocenters. The van der Waals surface area contributed by atoms with Crippen molar-refractivity contribution in [2.45, 2.75) is 19.9 Å². The normalized spacial score (nSPS) is 12.9. The fourth-order valence-corrected chi connectivity index (χ4v) is 1.82. The minimum absolute atomic E-state index is 0.351. The van der Waals surface area contributed by atoms with E-state index in [9.17, 15) is 0 Å². The summed E-state index contributed by atoms with van der Waals surface area (Å²) in [6.45, 7) is 4.21. The zero-order chi connectivity index (χ0) is 13.3. The van der Waals surface area contributed by atoms with E-state index in [-0.39, 0.29) is 6.04 Å². The summed E-state index contributed by atoms with van der Waals surface area (Å²) in [7, 11) is 3.45. The predicted molar refractivity (Wildman–Crippen MR) is 64.8 cm³/mol. The Labute approximate surface area is 105 Å². The number of aromatic nitrogens is 4. The smallest absolute Gasteiger partial charge is 0.261 e. The molecule has 2 N–H and O–H groups in total. The van der Waals surface area contributed by atoms with Crippen molar-refractivity contribution in [3.8, 4) is 11.5 Å². The van der Waals surface area contributed by atoms with Gasteiger partial charge in [0.2, 0.25) is 0 Å². The molecule has 0 aliphatic rings. The van der Waals surface area contributed by atoms with E-state index < -0.39 is 0 Å². The molecule has 0 saturated heterocycles. The van der Waals surface area contributed by atoms with E-state index in [0.29, 0.717) is 18.3 Å². The summed E-state index contributed by atoms with van der Waals surface area (Å²) in [5, 5.41) is 8.18. The number of hydrogen-bond donors (Lipinski definition) is 1. The van der Waals surface area contributed by atoms with E-state index >= 15 is 0 Å². The van der Waals surface area contributed by atoms with Crippen LogP contribution in [-0.2, 0) is 11.8 Å². The summed E-state index contributed by atoms with van der Waals surface area (Å²) in [6.07, 6.45) is 0. The van der Waals surface area contributed by atoms with E-state index in [1.54, 1.807) is 11.8 Å². The second-order valence-electron chi connectivity index (χ2n) is 4.19. The van der Waals surface area contributed by atoms with Gasteiger partial charge < -0.3 is 15.0 Å². The maximum absolute atomic E-state index is 5.85. The molecule has 0 aromatic carbocycles. The van der Waals surface area contributed by atoms with Gasteiger partial charge in [-0.15, -0.1) is 0 Å². The van der Waals surface area contributed by atoms with Gasteiger partial charge in [-0.1, -0.05) is 5.16 Å². The largest absolute Gasteiger partial charge is 0.383 e. The first-order valence-corrected chi connectivity index (χ1v) is 5.63. The quantitative estimate of drug-likeness (QED) is 0.861. The molecule has 0 spiro atoms. The minimum atomic E-state index is -0.384. The van der Waals surface area contributed by atoms with Crippen molar-refractivity contribution in [2.75, 3.05) is 13.7 Å². The lowest BCUT2D eigenvalue weighted by Crippen LogP contribution is -2.17. The second kappa shape index (κ2) is 4.87. The maximum atomic E-state index is 5.85. The first kappa shape index (κ1) is 12.7. The number of nitrogens with zero attached hydrogens (tertiary/aromatic N) is 4. The Kier molecular flexibility index (Phi) is 3.44. The average molecular weight is 251 g/mol. The highest BCUT2D eigenvalue weighted by molar-refractivity contribution is 5.59. The Morgan fingerprint density at radius 3 is 2.72 bits per heavy atom. The number of methoxy groups -OCH3 is 1.